The van der Waals surface area contributed by atoms with E-state index in [1.807, 2.05) is 36.9 Å². The Morgan fingerprint density at radius 3 is 2.24 bits per heavy atom. The maximum Gasteiger partial charge on any atom is 0.254 e. The van der Waals surface area contributed by atoms with Crippen molar-refractivity contribution in [1.82, 2.24) is 14.8 Å². The Labute approximate surface area is 148 Å². The molecule has 1 amide bonds. The van der Waals surface area contributed by atoms with Crippen molar-refractivity contribution < 1.29 is 9.59 Å². The lowest BCUT2D eigenvalue weighted by Crippen LogP contribution is -2.49. The molecule has 0 unspecified atom stereocenters. The molecule has 0 spiro atoms. The highest BCUT2D eigenvalue weighted by Crippen LogP contribution is 2.12. The molecule has 0 N–H and O–H groups in total. The molecule has 0 aliphatic carbocycles. The summed E-state index contributed by atoms with van der Waals surface area (Å²) in [4.78, 5) is 32.8. The SMILES string of the molecule is Cc1ccc(C(=O)CN2CCN(C(=O)c3ccncc3)CC2)cc1C. The molecule has 3 rings (SSSR count). The quantitative estimate of drug-likeness (QED) is 0.804. The largest absolute Gasteiger partial charge is 0.336 e. The van der Waals surface area contributed by atoms with Crippen molar-refractivity contribution >= 4 is 11.7 Å². The Morgan fingerprint density at radius 1 is 0.920 bits per heavy atom. The first-order valence-electron chi connectivity index (χ1n) is 8.56. The van der Waals surface area contributed by atoms with Crippen LogP contribution in [0.4, 0.5) is 0 Å². The second-order valence-electron chi connectivity index (χ2n) is 6.53. The molecule has 2 heterocycles. The summed E-state index contributed by atoms with van der Waals surface area (Å²) in [6.45, 7) is 7.18. The molecule has 1 aliphatic heterocycles. The fraction of sp³-hybridized carbons (Fsp3) is 0.350. The van der Waals surface area contributed by atoms with Crippen molar-refractivity contribution in [3.63, 3.8) is 0 Å². The van der Waals surface area contributed by atoms with Gasteiger partial charge in [-0.2, -0.15) is 0 Å². The minimum atomic E-state index is 0.0301. The molecule has 1 aliphatic rings. The smallest absolute Gasteiger partial charge is 0.254 e. The summed E-state index contributed by atoms with van der Waals surface area (Å²) in [5, 5.41) is 0. The zero-order valence-corrected chi connectivity index (χ0v) is 14.7. The van der Waals surface area contributed by atoms with E-state index in [1.165, 1.54) is 5.56 Å². The zero-order chi connectivity index (χ0) is 17.8. The maximum atomic E-state index is 12.5. The van der Waals surface area contributed by atoms with Crippen molar-refractivity contribution in [1.29, 1.82) is 0 Å². The minimum Gasteiger partial charge on any atom is -0.336 e. The Morgan fingerprint density at radius 2 is 1.60 bits per heavy atom. The number of amides is 1. The van der Waals surface area contributed by atoms with Gasteiger partial charge in [-0.1, -0.05) is 12.1 Å². The van der Waals surface area contributed by atoms with Crippen molar-refractivity contribution in [2.45, 2.75) is 13.8 Å². The van der Waals surface area contributed by atoms with Gasteiger partial charge in [0.1, 0.15) is 0 Å². The van der Waals surface area contributed by atoms with E-state index in [0.717, 1.165) is 11.1 Å². The number of benzene rings is 1. The van der Waals surface area contributed by atoms with E-state index in [0.29, 0.717) is 38.3 Å². The number of carbonyl (C=O) groups excluding carboxylic acids is 2. The van der Waals surface area contributed by atoms with E-state index in [9.17, 15) is 9.59 Å². The highest BCUT2D eigenvalue weighted by Gasteiger charge is 2.23. The van der Waals surface area contributed by atoms with Crippen LogP contribution in [-0.4, -0.2) is 59.2 Å². The number of hydrogen-bond donors (Lipinski definition) is 0. The van der Waals surface area contributed by atoms with Gasteiger partial charge in [-0.15, -0.1) is 0 Å². The van der Waals surface area contributed by atoms with Crippen LogP contribution in [0.1, 0.15) is 31.8 Å². The van der Waals surface area contributed by atoms with Gasteiger partial charge >= 0.3 is 0 Å². The normalized spacial score (nSPS) is 15.2. The molecule has 1 aromatic heterocycles. The van der Waals surface area contributed by atoms with E-state index in [1.54, 1.807) is 24.5 Å². The van der Waals surface area contributed by atoms with Crippen LogP contribution in [0.15, 0.2) is 42.7 Å². The van der Waals surface area contributed by atoms with Crippen LogP contribution in [0.25, 0.3) is 0 Å². The standard InChI is InChI=1S/C20H23N3O2/c1-15-3-4-18(13-16(15)2)19(24)14-22-9-11-23(12-10-22)20(25)17-5-7-21-8-6-17/h3-8,13H,9-12,14H2,1-2H3. The van der Waals surface area contributed by atoms with E-state index in [-0.39, 0.29) is 11.7 Å². The monoisotopic (exact) mass is 337 g/mol. The Hall–Kier alpha value is -2.53. The average Bonchev–Trinajstić information content (AvgIpc) is 2.64. The summed E-state index contributed by atoms with van der Waals surface area (Å²) >= 11 is 0. The van der Waals surface area contributed by atoms with E-state index < -0.39 is 0 Å². The van der Waals surface area contributed by atoms with Crippen LogP contribution in [-0.2, 0) is 0 Å². The number of Topliss-reactive ketones (excluding diaryl/α,β-unsaturated/α-hetero) is 1. The van der Waals surface area contributed by atoms with Crippen LogP contribution in [0.2, 0.25) is 0 Å². The summed E-state index contributed by atoms with van der Waals surface area (Å²) in [6.07, 6.45) is 3.26. The van der Waals surface area contributed by atoms with Crippen LogP contribution in [0.3, 0.4) is 0 Å². The Bertz CT molecular complexity index is 766. The molecule has 0 saturated carbocycles. The van der Waals surface area contributed by atoms with E-state index in [4.69, 9.17) is 0 Å². The van der Waals surface area contributed by atoms with Crippen LogP contribution in [0, 0.1) is 13.8 Å². The van der Waals surface area contributed by atoms with Gasteiger partial charge in [-0.3, -0.25) is 19.5 Å². The minimum absolute atomic E-state index is 0.0301. The second-order valence-corrected chi connectivity index (χ2v) is 6.53. The van der Waals surface area contributed by atoms with Gasteiger partial charge in [0.2, 0.25) is 0 Å². The highest BCUT2D eigenvalue weighted by atomic mass is 16.2. The molecular weight excluding hydrogens is 314 g/mol. The molecule has 2 aromatic rings. The average molecular weight is 337 g/mol. The highest BCUT2D eigenvalue weighted by molar-refractivity contribution is 5.98. The number of pyridine rings is 1. The lowest BCUT2D eigenvalue weighted by molar-refractivity contribution is 0.0624. The third kappa shape index (κ3) is 4.12. The summed E-state index contributed by atoms with van der Waals surface area (Å²) in [6, 6.07) is 9.32. The van der Waals surface area contributed by atoms with Crippen LogP contribution < -0.4 is 0 Å². The lowest BCUT2D eigenvalue weighted by atomic mass is 10.0. The predicted octanol–water partition coefficient (Wildman–Crippen LogP) is 2.34. The Kier molecular flexibility index (Phi) is 5.24. The second kappa shape index (κ2) is 7.57. The molecule has 5 heteroatoms. The molecule has 1 saturated heterocycles. The molecule has 25 heavy (non-hydrogen) atoms. The number of aryl methyl sites for hydroxylation is 2. The molecule has 130 valence electrons. The van der Waals surface area contributed by atoms with Crippen LogP contribution in [0.5, 0.6) is 0 Å². The zero-order valence-electron chi connectivity index (χ0n) is 14.7. The van der Waals surface area contributed by atoms with E-state index in [2.05, 4.69) is 9.88 Å². The molecular formula is C20H23N3O2. The molecule has 0 atom stereocenters. The fourth-order valence-electron chi connectivity index (χ4n) is 3.00. The molecule has 0 radical (unpaired) electrons. The number of nitrogens with zero attached hydrogens (tertiary/aromatic N) is 3. The number of aromatic nitrogens is 1. The molecule has 1 fully saturated rings. The molecule has 0 bridgehead atoms. The fourth-order valence-corrected chi connectivity index (χ4v) is 3.00. The summed E-state index contributed by atoms with van der Waals surface area (Å²) < 4.78 is 0. The summed E-state index contributed by atoms with van der Waals surface area (Å²) in [7, 11) is 0. The van der Waals surface area contributed by atoms with Gasteiger partial charge in [-0.05, 0) is 43.2 Å². The summed E-state index contributed by atoms with van der Waals surface area (Å²) in [5.74, 6) is 0.166. The first kappa shape index (κ1) is 17.3. The first-order valence-corrected chi connectivity index (χ1v) is 8.56. The van der Waals surface area contributed by atoms with Crippen molar-refractivity contribution in [2.75, 3.05) is 32.7 Å². The van der Waals surface area contributed by atoms with Crippen molar-refractivity contribution in [3.05, 3.63) is 65.0 Å². The van der Waals surface area contributed by atoms with Crippen molar-refractivity contribution in [3.8, 4) is 0 Å². The van der Waals surface area contributed by atoms with Gasteiger partial charge in [0.05, 0.1) is 6.54 Å². The van der Waals surface area contributed by atoms with Crippen LogP contribution >= 0.6 is 0 Å². The van der Waals surface area contributed by atoms with Gasteiger partial charge in [-0.25, -0.2) is 0 Å². The topological polar surface area (TPSA) is 53.5 Å². The Balaban J connectivity index is 1.54. The lowest BCUT2D eigenvalue weighted by Gasteiger charge is -2.34. The van der Waals surface area contributed by atoms with Gasteiger partial charge in [0.25, 0.3) is 5.91 Å². The number of piperazine rings is 1. The summed E-state index contributed by atoms with van der Waals surface area (Å²) in [5.41, 5.74) is 3.76. The predicted molar refractivity (Wildman–Crippen MR) is 96.8 cm³/mol. The van der Waals surface area contributed by atoms with Gasteiger partial charge in [0, 0.05) is 49.7 Å². The molecule has 5 nitrogen and oxygen atoms in total. The van der Waals surface area contributed by atoms with Gasteiger partial charge < -0.3 is 4.90 Å². The van der Waals surface area contributed by atoms with E-state index >= 15 is 0 Å². The third-order valence-electron chi connectivity index (χ3n) is 4.78. The number of hydrogen-bond acceptors (Lipinski definition) is 4. The maximum absolute atomic E-state index is 12.5. The number of rotatable bonds is 4. The third-order valence-corrected chi connectivity index (χ3v) is 4.78. The number of ketones is 1. The molecule has 1 aromatic carbocycles. The first-order chi connectivity index (χ1) is 12.0. The van der Waals surface area contributed by atoms with Gasteiger partial charge in [0.15, 0.2) is 5.78 Å². The van der Waals surface area contributed by atoms with Crippen molar-refractivity contribution in [2.24, 2.45) is 0 Å². The number of carbonyl (C=O) groups is 2.